The Kier molecular flexibility index (Phi) is 5.14. The predicted molar refractivity (Wildman–Crippen MR) is 99.5 cm³/mol. The molecule has 0 heterocycles. The lowest BCUT2D eigenvalue weighted by molar-refractivity contribution is -0.136. The molecule has 0 unspecified atom stereocenters. The number of sulfone groups is 1. The van der Waals surface area contributed by atoms with E-state index in [1.165, 1.54) is 42.5 Å². The second-order valence-electron chi connectivity index (χ2n) is 5.98. The summed E-state index contributed by atoms with van der Waals surface area (Å²) in [4.78, 5) is 11.2. The quantitative estimate of drug-likeness (QED) is 0.685. The van der Waals surface area contributed by atoms with Gasteiger partial charge in [-0.1, -0.05) is 25.1 Å². The van der Waals surface area contributed by atoms with Crippen LogP contribution in [0.2, 0.25) is 0 Å². The van der Waals surface area contributed by atoms with Crippen LogP contribution in [0.25, 0.3) is 10.8 Å². The standard InChI is InChI=1S/C20H17FO5S/c1-2-27(24,25)16-8-6-15(7-9-16)26-18-11-13(12-19(22)23)10-14-4-3-5-17(21)20(14)18/h3-11H,2,12H2,1H3,(H,22,23). The number of ether oxygens (including phenoxy) is 1. The van der Waals surface area contributed by atoms with Gasteiger partial charge in [-0.05, 0) is 47.3 Å². The second kappa shape index (κ2) is 7.36. The molecule has 0 aliphatic heterocycles. The summed E-state index contributed by atoms with van der Waals surface area (Å²) in [5.74, 6) is -1.02. The summed E-state index contributed by atoms with van der Waals surface area (Å²) >= 11 is 0. The molecule has 0 aliphatic carbocycles. The van der Waals surface area contributed by atoms with Crippen molar-refractivity contribution in [3.8, 4) is 11.5 Å². The van der Waals surface area contributed by atoms with E-state index in [-0.39, 0.29) is 28.2 Å². The molecule has 27 heavy (non-hydrogen) atoms. The van der Waals surface area contributed by atoms with E-state index in [1.54, 1.807) is 19.1 Å². The first-order chi connectivity index (χ1) is 12.8. The minimum Gasteiger partial charge on any atom is -0.481 e. The van der Waals surface area contributed by atoms with Crippen molar-refractivity contribution in [3.05, 3.63) is 66.0 Å². The number of carboxylic acid groups (broad SMARTS) is 1. The number of halogens is 1. The first-order valence-electron chi connectivity index (χ1n) is 8.24. The van der Waals surface area contributed by atoms with Gasteiger partial charge >= 0.3 is 5.97 Å². The van der Waals surface area contributed by atoms with Gasteiger partial charge in [0.05, 0.1) is 22.5 Å². The van der Waals surface area contributed by atoms with Crippen molar-refractivity contribution in [2.75, 3.05) is 5.75 Å². The molecule has 140 valence electrons. The number of benzene rings is 3. The summed E-state index contributed by atoms with van der Waals surface area (Å²) < 4.78 is 43.9. The molecule has 0 radical (unpaired) electrons. The molecular weight excluding hydrogens is 371 g/mol. The number of fused-ring (bicyclic) bond motifs is 1. The van der Waals surface area contributed by atoms with Gasteiger partial charge in [-0.25, -0.2) is 12.8 Å². The number of rotatable bonds is 6. The van der Waals surface area contributed by atoms with Crippen molar-refractivity contribution < 1.29 is 27.4 Å². The Hall–Kier alpha value is -2.93. The van der Waals surface area contributed by atoms with Crippen molar-refractivity contribution in [2.24, 2.45) is 0 Å². The molecule has 5 nitrogen and oxygen atoms in total. The van der Waals surface area contributed by atoms with Crippen LogP contribution in [0.3, 0.4) is 0 Å². The Balaban J connectivity index is 2.04. The normalized spacial score (nSPS) is 11.5. The Bertz CT molecular complexity index is 1110. The summed E-state index contributed by atoms with van der Waals surface area (Å²) in [5.41, 5.74) is 0.473. The number of carboxylic acids is 1. The molecule has 7 heteroatoms. The monoisotopic (exact) mass is 388 g/mol. The molecule has 0 bridgehead atoms. The Morgan fingerprint density at radius 2 is 1.81 bits per heavy atom. The highest BCUT2D eigenvalue weighted by molar-refractivity contribution is 7.91. The molecule has 3 rings (SSSR count). The molecular formula is C20H17FO5S. The van der Waals surface area contributed by atoms with Crippen molar-refractivity contribution in [2.45, 2.75) is 18.2 Å². The lowest BCUT2D eigenvalue weighted by Crippen LogP contribution is -2.03. The van der Waals surface area contributed by atoms with E-state index < -0.39 is 21.6 Å². The van der Waals surface area contributed by atoms with Crippen molar-refractivity contribution in [1.82, 2.24) is 0 Å². The van der Waals surface area contributed by atoms with Gasteiger partial charge in [0, 0.05) is 0 Å². The van der Waals surface area contributed by atoms with E-state index in [4.69, 9.17) is 9.84 Å². The highest BCUT2D eigenvalue weighted by Crippen LogP contribution is 2.34. The largest absolute Gasteiger partial charge is 0.481 e. The summed E-state index contributed by atoms with van der Waals surface area (Å²) in [6.45, 7) is 1.56. The number of carbonyl (C=O) groups is 1. The SMILES string of the molecule is CCS(=O)(=O)c1ccc(Oc2cc(CC(=O)O)cc3cccc(F)c23)cc1. The maximum Gasteiger partial charge on any atom is 0.307 e. The van der Waals surface area contributed by atoms with Crippen LogP contribution >= 0.6 is 0 Å². The van der Waals surface area contributed by atoms with Crippen LogP contribution in [0.5, 0.6) is 11.5 Å². The minimum atomic E-state index is -3.33. The molecule has 0 spiro atoms. The van der Waals surface area contributed by atoms with Gasteiger partial charge in [-0.2, -0.15) is 0 Å². The number of aliphatic carboxylic acids is 1. The third-order valence-electron chi connectivity index (χ3n) is 4.10. The lowest BCUT2D eigenvalue weighted by Gasteiger charge is -2.12. The molecule has 3 aromatic carbocycles. The van der Waals surface area contributed by atoms with Gasteiger partial charge < -0.3 is 9.84 Å². The van der Waals surface area contributed by atoms with Crippen molar-refractivity contribution in [1.29, 1.82) is 0 Å². The molecule has 3 aromatic rings. The zero-order valence-corrected chi connectivity index (χ0v) is 15.3. The molecule has 0 saturated heterocycles. The van der Waals surface area contributed by atoms with Crippen molar-refractivity contribution in [3.63, 3.8) is 0 Å². The Morgan fingerprint density at radius 3 is 2.44 bits per heavy atom. The predicted octanol–water partition coefficient (Wildman–Crippen LogP) is 4.19. The van der Waals surface area contributed by atoms with Crippen molar-refractivity contribution >= 4 is 26.6 Å². The molecule has 0 atom stereocenters. The summed E-state index contributed by atoms with van der Waals surface area (Å²) in [5, 5.41) is 9.79. The average molecular weight is 388 g/mol. The van der Waals surface area contributed by atoms with Gasteiger partial charge in [0.15, 0.2) is 9.84 Å². The number of hydrogen-bond acceptors (Lipinski definition) is 4. The summed E-state index contributed by atoms with van der Waals surface area (Å²) in [7, 11) is -3.33. The van der Waals surface area contributed by atoms with Gasteiger partial charge in [-0.3, -0.25) is 4.79 Å². The average Bonchev–Trinajstić information content (AvgIpc) is 2.61. The highest BCUT2D eigenvalue weighted by Gasteiger charge is 2.14. The van der Waals surface area contributed by atoms with Gasteiger partial charge in [0.1, 0.15) is 17.3 Å². The molecule has 0 fully saturated rings. The van der Waals surface area contributed by atoms with Crippen LogP contribution in [0.4, 0.5) is 4.39 Å². The molecule has 0 aromatic heterocycles. The fourth-order valence-electron chi connectivity index (χ4n) is 2.77. The lowest BCUT2D eigenvalue weighted by atomic mass is 10.0. The van der Waals surface area contributed by atoms with Gasteiger partial charge in [0.25, 0.3) is 0 Å². The van der Waals surface area contributed by atoms with Crippen LogP contribution in [-0.4, -0.2) is 25.2 Å². The molecule has 0 aliphatic rings. The highest BCUT2D eigenvalue weighted by atomic mass is 32.2. The van der Waals surface area contributed by atoms with Crippen LogP contribution in [0, 0.1) is 5.82 Å². The second-order valence-corrected chi connectivity index (χ2v) is 8.26. The van der Waals surface area contributed by atoms with Crippen LogP contribution in [0.1, 0.15) is 12.5 Å². The van der Waals surface area contributed by atoms with Gasteiger partial charge in [0.2, 0.25) is 0 Å². The van der Waals surface area contributed by atoms with E-state index in [9.17, 15) is 17.6 Å². The smallest absolute Gasteiger partial charge is 0.307 e. The van der Waals surface area contributed by atoms with E-state index in [2.05, 4.69) is 0 Å². The topological polar surface area (TPSA) is 80.7 Å². The number of hydrogen-bond donors (Lipinski definition) is 1. The Morgan fingerprint density at radius 1 is 1.11 bits per heavy atom. The first kappa shape index (κ1) is 18.8. The maximum atomic E-state index is 14.3. The van der Waals surface area contributed by atoms with E-state index in [0.29, 0.717) is 16.7 Å². The van der Waals surface area contributed by atoms with E-state index in [0.717, 1.165) is 0 Å². The maximum absolute atomic E-state index is 14.3. The molecule has 0 amide bonds. The third kappa shape index (κ3) is 4.09. The summed E-state index contributed by atoms with van der Waals surface area (Å²) in [6, 6.07) is 13.4. The fourth-order valence-corrected chi connectivity index (χ4v) is 3.65. The van der Waals surface area contributed by atoms with Crippen LogP contribution < -0.4 is 4.74 Å². The Labute approximate surface area is 155 Å². The van der Waals surface area contributed by atoms with Crippen LogP contribution in [0.15, 0.2) is 59.5 Å². The molecule has 0 saturated carbocycles. The fraction of sp³-hybridized carbons (Fsp3) is 0.150. The van der Waals surface area contributed by atoms with Crippen LogP contribution in [-0.2, 0) is 21.1 Å². The minimum absolute atomic E-state index is 0.0136. The summed E-state index contributed by atoms with van der Waals surface area (Å²) in [6.07, 6.45) is -0.226. The third-order valence-corrected chi connectivity index (χ3v) is 5.85. The first-order valence-corrected chi connectivity index (χ1v) is 9.89. The zero-order chi connectivity index (χ0) is 19.6. The molecule has 1 N–H and O–H groups in total. The van der Waals surface area contributed by atoms with Gasteiger partial charge in [-0.15, -0.1) is 0 Å². The van der Waals surface area contributed by atoms with E-state index in [1.807, 2.05) is 0 Å². The zero-order valence-electron chi connectivity index (χ0n) is 14.5. The van der Waals surface area contributed by atoms with E-state index >= 15 is 0 Å².